The Morgan fingerprint density at radius 2 is 1.48 bits per heavy atom. The first-order valence-electron chi connectivity index (χ1n) is 6.03. The molecule has 0 radical (unpaired) electrons. The number of sulfone groups is 1. The number of nitro groups is 1. The van der Waals surface area contributed by atoms with Gasteiger partial charge >= 0.3 is 3.78 Å². The van der Waals surface area contributed by atoms with Crippen molar-refractivity contribution >= 4 is 25.8 Å². The van der Waals surface area contributed by atoms with Gasteiger partial charge in [0.25, 0.3) is 0 Å². The van der Waals surface area contributed by atoms with Crippen molar-refractivity contribution in [1.82, 2.24) is 0 Å². The summed E-state index contributed by atoms with van der Waals surface area (Å²) in [4.78, 5) is 10.6. The molecule has 110 valence electrons. The zero-order chi connectivity index (χ0) is 15.5. The summed E-state index contributed by atoms with van der Waals surface area (Å²) in [7, 11) is -4.11. The molecule has 5 nitrogen and oxygen atoms in total. The van der Waals surface area contributed by atoms with E-state index in [0.29, 0.717) is 5.56 Å². The topological polar surface area (TPSA) is 77.3 Å². The van der Waals surface area contributed by atoms with Crippen molar-refractivity contribution < 1.29 is 13.3 Å². The van der Waals surface area contributed by atoms with Gasteiger partial charge in [-0.05, 0) is 17.7 Å². The highest BCUT2D eigenvalue weighted by molar-refractivity contribution is 9.11. The van der Waals surface area contributed by atoms with E-state index in [1.165, 1.54) is 12.1 Å². The fraction of sp³-hybridized carbons (Fsp3) is 0.143. The molecule has 7 heteroatoms. The molecule has 0 aliphatic heterocycles. The second-order valence-corrected chi connectivity index (χ2v) is 8.21. The quantitative estimate of drug-likeness (QED) is 0.351. The molecule has 0 unspecified atom stereocenters. The van der Waals surface area contributed by atoms with Gasteiger partial charge in [-0.3, -0.25) is 10.1 Å². The number of hydrogen-bond donors (Lipinski definition) is 0. The Morgan fingerprint density at radius 1 is 1.00 bits per heavy atom. The summed E-state index contributed by atoms with van der Waals surface area (Å²) in [5.74, 6) is -0.422. The molecule has 0 saturated heterocycles. The van der Waals surface area contributed by atoms with Crippen molar-refractivity contribution in [2.75, 3.05) is 0 Å². The van der Waals surface area contributed by atoms with Crippen LogP contribution >= 0.6 is 15.9 Å². The van der Waals surface area contributed by atoms with Gasteiger partial charge in [0.05, 0.1) is 16.2 Å². The van der Waals surface area contributed by atoms with Gasteiger partial charge in [0.15, 0.2) is 0 Å². The molecule has 0 bridgehead atoms. The summed E-state index contributed by atoms with van der Waals surface area (Å²) in [5, 5.41) is 11.4. The maximum Gasteiger partial charge on any atom is 0.396 e. The van der Waals surface area contributed by atoms with Crippen LogP contribution in [0.3, 0.4) is 0 Å². The Morgan fingerprint density at radius 3 is 1.95 bits per heavy atom. The Labute approximate surface area is 130 Å². The molecule has 0 aromatic heterocycles. The summed E-state index contributed by atoms with van der Waals surface area (Å²) in [5.41, 5.74) is 0.574. The van der Waals surface area contributed by atoms with Crippen LogP contribution < -0.4 is 0 Å². The molecule has 2 aromatic carbocycles. The largest absolute Gasteiger partial charge is 0.396 e. The Kier molecular flexibility index (Phi) is 4.43. The normalized spacial score (nSPS) is 14.3. The first kappa shape index (κ1) is 15.7. The van der Waals surface area contributed by atoms with Crippen LogP contribution in [0.1, 0.15) is 11.1 Å². The number of benzene rings is 2. The zero-order valence-electron chi connectivity index (χ0n) is 10.8. The first-order chi connectivity index (χ1) is 9.88. The molecular formula is C14H12BrNO4S. The van der Waals surface area contributed by atoms with E-state index in [-0.39, 0.29) is 5.56 Å². The van der Waals surface area contributed by atoms with E-state index in [1.807, 2.05) is 0 Å². The smallest absolute Gasteiger partial charge is 0.262 e. The van der Waals surface area contributed by atoms with Gasteiger partial charge in [0.1, 0.15) is 0 Å². The third-order valence-corrected chi connectivity index (χ3v) is 7.13. The van der Waals surface area contributed by atoms with Crippen LogP contribution in [0.2, 0.25) is 0 Å². The Hall–Kier alpha value is -1.73. The molecule has 0 N–H and O–H groups in total. The van der Waals surface area contributed by atoms with Crippen molar-refractivity contribution in [3.05, 3.63) is 81.9 Å². The van der Waals surface area contributed by atoms with Crippen molar-refractivity contribution in [2.45, 2.75) is 9.53 Å². The standard InChI is InChI=1S/C14H12BrNO4S/c15-14(16(17)18,13-9-5-2-6-10-13)21(19,20)11-12-7-3-1-4-8-12/h1-10H,11H2/t14-/m1/s1. The van der Waals surface area contributed by atoms with Crippen LogP contribution in [0.4, 0.5) is 0 Å². The monoisotopic (exact) mass is 369 g/mol. The number of halogens is 1. The van der Waals surface area contributed by atoms with Gasteiger partial charge in [-0.25, -0.2) is 8.42 Å². The summed E-state index contributed by atoms with van der Waals surface area (Å²) in [6, 6.07) is 16.0. The zero-order valence-corrected chi connectivity index (χ0v) is 13.2. The maximum absolute atomic E-state index is 12.6. The minimum atomic E-state index is -4.11. The molecule has 0 fully saturated rings. The van der Waals surface area contributed by atoms with Crippen LogP contribution in [0, 0.1) is 10.1 Å². The van der Waals surface area contributed by atoms with E-state index in [1.54, 1.807) is 48.5 Å². The highest BCUT2D eigenvalue weighted by Gasteiger charge is 2.55. The lowest BCUT2D eigenvalue weighted by Crippen LogP contribution is -2.38. The minimum Gasteiger partial charge on any atom is -0.262 e. The van der Waals surface area contributed by atoms with E-state index >= 15 is 0 Å². The predicted molar refractivity (Wildman–Crippen MR) is 83.1 cm³/mol. The van der Waals surface area contributed by atoms with E-state index in [9.17, 15) is 18.5 Å². The molecule has 0 heterocycles. The van der Waals surface area contributed by atoms with Crippen molar-refractivity contribution in [1.29, 1.82) is 0 Å². The third kappa shape index (κ3) is 2.98. The maximum atomic E-state index is 12.6. The van der Waals surface area contributed by atoms with Crippen LogP contribution in [-0.2, 0) is 19.4 Å². The average Bonchev–Trinajstić information content (AvgIpc) is 2.47. The van der Waals surface area contributed by atoms with Crippen molar-refractivity contribution in [2.24, 2.45) is 0 Å². The van der Waals surface area contributed by atoms with Crippen molar-refractivity contribution in [3.8, 4) is 0 Å². The highest BCUT2D eigenvalue weighted by atomic mass is 79.9. The number of rotatable bonds is 5. The van der Waals surface area contributed by atoms with Crippen LogP contribution in [0.15, 0.2) is 60.7 Å². The molecule has 0 spiro atoms. The third-order valence-electron chi connectivity index (χ3n) is 2.98. The summed E-state index contributed by atoms with van der Waals surface area (Å²) in [6.07, 6.45) is 0. The lowest BCUT2D eigenvalue weighted by atomic mass is 10.2. The minimum absolute atomic E-state index is 0.0749. The van der Waals surface area contributed by atoms with Crippen LogP contribution in [0.5, 0.6) is 0 Å². The molecule has 0 aliphatic carbocycles. The molecule has 2 rings (SSSR count). The van der Waals surface area contributed by atoms with Gasteiger partial charge in [0.2, 0.25) is 9.84 Å². The molecule has 21 heavy (non-hydrogen) atoms. The van der Waals surface area contributed by atoms with Crippen LogP contribution in [0.25, 0.3) is 0 Å². The van der Waals surface area contributed by atoms with Gasteiger partial charge in [0, 0.05) is 15.9 Å². The molecule has 0 saturated carbocycles. The van der Waals surface area contributed by atoms with Gasteiger partial charge in [-0.1, -0.05) is 48.5 Å². The molecule has 2 aromatic rings. The van der Waals surface area contributed by atoms with Gasteiger partial charge < -0.3 is 0 Å². The lowest BCUT2D eigenvalue weighted by molar-refractivity contribution is -0.515. The Balaban J connectivity index is 2.50. The SMILES string of the molecule is O=[N+]([O-])[C@](Br)(c1ccccc1)S(=O)(=O)Cc1ccccc1. The molecular weight excluding hydrogens is 358 g/mol. The summed E-state index contributed by atoms with van der Waals surface area (Å²) in [6.45, 7) is 0. The average molecular weight is 370 g/mol. The molecule has 1 atom stereocenters. The Bertz CT molecular complexity index is 734. The van der Waals surface area contributed by atoms with Gasteiger partial charge in [-0.2, -0.15) is 0 Å². The van der Waals surface area contributed by atoms with E-state index in [0.717, 1.165) is 0 Å². The molecule has 0 amide bonds. The van der Waals surface area contributed by atoms with E-state index in [4.69, 9.17) is 0 Å². The fourth-order valence-electron chi connectivity index (χ4n) is 1.93. The fourth-order valence-corrected chi connectivity index (χ4v) is 4.08. The number of hydrogen-bond acceptors (Lipinski definition) is 4. The predicted octanol–water partition coefficient (Wildman–Crippen LogP) is 3.08. The summed E-state index contributed by atoms with van der Waals surface area (Å²) < 4.78 is 22.8. The molecule has 0 aliphatic rings. The van der Waals surface area contributed by atoms with E-state index < -0.39 is 24.3 Å². The second kappa shape index (κ2) is 5.95. The highest BCUT2D eigenvalue weighted by Crippen LogP contribution is 2.39. The number of alkyl halides is 1. The van der Waals surface area contributed by atoms with Gasteiger partial charge in [-0.15, -0.1) is 0 Å². The van der Waals surface area contributed by atoms with E-state index in [2.05, 4.69) is 15.9 Å². The number of nitrogens with zero attached hydrogens (tertiary/aromatic N) is 1. The first-order valence-corrected chi connectivity index (χ1v) is 8.47. The van der Waals surface area contributed by atoms with Crippen molar-refractivity contribution in [3.63, 3.8) is 0 Å². The second-order valence-electron chi connectivity index (χ2n) is 4.43. The lowest BCUT2D eigenvalue weighted by Gasteiger charge is -2.19. The summed E-state index contributed by atoms with van der Waals surface area (Å²) >= 11 is 2.85. The van der Waals surface area contributed by atoms with Crippen LogP contribution in [-0.4, -0.2) is 13.3 Å².